The van der Waals surface area contributed by atoms with Gasteiger partial charge in [0.05, 0.1) is 0 Å². The zero-order valence-corrected chi connectivity index (χ0v) is 12.4. The van der Waals surface area contributed by atoms with Crippen molar-refractivity contribution in [1.82, 2.24) is 15.5 Å². The van der Waals surface area contributed by atoms with Crippen LogP contribution in [-0.4, -0.2) is 22.7 Å². The van der Waals surface area contributed by atoms with E-state index in [9.17, 15) is 0 Å². The van der Waals surface area contributed by atoms with Crippen molar-refractivity contribution < 1.29 is 4.52 Å². The predicted octanol–water partition coefficient (Wildman–Crippen LogP) is 3.10. The number of aryl methyl sites for hydroxylation is 1. The van der Waals surface area contributed by atoms with Crippen LogP contribution in [0.4, 0.5) is 0 Å². The highest BCUT2D eigenvalue weighted by molar-refractivity contribution is 9.10. The highest BCUT2D eigenvalue weighted by atomic mass is 79.9. The van der Waals surface area contributed by atoms with Crippen molar-refractivity contribution >= 4 is 15.9 Å². The molecule has 1 N–H and O–H groups in total. The Bertz CT molecular complexity index is 576. The Morgan fingerprint density at radius 3 is 3.11 bits per heavy atom. The number of nitrogens with one attached hydrogen (secondary N) is 1. The highest BCUT2D eigenvalue weighted by Crippen LogP contribution is 2.27. The number of hydrogen-bond acceptors (Lipinski definition) is 4. The van der Waals surface area contributed by atoms with Crippen LogP contribution in [-0.2, 0) is 6.42 Å². The number of hydrogen-bond donors (Lipinski definition) is 1. The molecule has 0 radical (unpaired) electrons. The van der Waals surface area contributed by atoms with Gasteiger partial charge in [0.25, 0.3) is 0 Å². The van der Waals surface area contributed by atoms with Crippen LogP contribution in [0.1, 0.15) is 24.3 Å². The molecule has 0 bridgehead atoms. The summed E-state index contributed by atoms with van der Waals surface area (Å²) in [5.74, 6) is 1.36. The van der Waals surface area contributed by atoms with Crippen LogP contribution >= 0.6 is 15.9 Å². The van der Waals surface area contributed by atoms with Crippen LogP contribution in [0.3, 0.4) is 0 Å². The zero-order valence-electron chi connectivity index (χ0n) is 10.8. The third-order valence-corrected chi connectivity index (χ3v) is 4.07. The van der Waals surface area contributed by atoms with E-state index in [0.717, 1.165) is 23.0 Å². The molecule has 1 aliphatic heterocycles. The molecule has 1 unspecified atom stereocenters. The summed E-state index contributed by atoms with van der Waals surface area (Å²) >= 11 is 3.55. The maximum atomic E-state index is 5.34. The van der Waals surface area contributed by atoms with Gasteiger partial charge in [-0.3, -0.25) is 0 Å². The molecular formula is C14H16BrN3O. The Morgan fingerprint density at radius 1 is 1.47 bits per heavy atom. The summed E-state index contributed by atoms with van der Waals surface area (Å²) < 4.78 is 6.34. The normalized spacial score (nSPS) is 18.9. The summed E-state index contributed by atoms with van der Waals surface area (Å²) in [6.07, 6.45) is 3.23. The lowest BCUT2D eigenvalue weighted by molar-refractivity contribution is 0.364. The molecule has 1 aromatic carbocycles. The fourth-order valence-corrected chi connectivity index (χ4v) is 3.06. The highest BCUT2D eigenvalue weighted by Gasteiger charge is 2.19. The topological polar surface area (TPSA) is 51.0 Å². The van der Waals surface area contributed by atoms with Crippen molar-refractivity contribution in [1.29, 1.82) is 0 Å². The molecule has 2 heterocycles. The van der Waals surface area contributed by atoms with Crippen LogP contribution in [0.2, 0.25) is 0 Å². The molecule has 2 aromatic rings. The lowest BCUT2D eigenvalue weighted by Crippen LogP contribution is -2.23. The summed E-state index contributed by atoms with van der Waals surface area (Å²) in [6.45, 7) is 3.15. The van der Waals surface area contributed by atoms with Crippen molar-refractivity contribution in [2.24, 2.45) is 0 Å². The summed E-state index contributed by atoms with van der Waals surface area (Å²) in [4.78, 5) is 4.49. The molecule has 1 saturated heterocycles. The van der Waals surface area contributed by atoms with Crippen LogP contribution in [0, 0.1) is 6.92 Å². The van der Waals surface area contributed by atoms with E-state index in [1.165, 1.54) is 18.4 Å². The molecule has 0 saturated carbocycles. The molecule has 3 rings (SSSR count). The van der Waals surface area contributed by atoms with Gasteiger partial charge in [-0.05, 0) is 44.0 Å². The first-order valence-electron chi connectivity index (χ1n) is 6.55. The molecule has 19 heavy (non-hydrogen) atoms. The van der Waals surface area contributed by atoms with Crippen LogP contribution < -0.4 is 5.32 Å². The van der Waals surface area contributed by atoms with Gasteiger partial charge in [-0.1, -0.05) is 27.2 Å². The molecule has 5 heteroatoms. The van der Waals surface area contributed by atoms with E-state index >= 15 is 0 Å². The van der Waals surface area contributed by atoms with Crippen molar-refractivity contribution in [3.05, 3.63) is 34.1 Å². The molecule has 0 aliphatic carbocycles. The minimum Gasteiger partial charge on any atom is -0.339 e. The third-order valence-electron chi connectivity index (χ3n) is 3.42. The number of halogens is 1. The van der Waals surface area contributed by atoms with Crippen molar-refractivity contribution in [2.45, 2.75) is 32.2 Å². The van der Waals surface area contributed by atoms with Gasteiger partial charge in [-0.15, -0.1) is 0 Å². The van der Waals surface area contributed by atoms with Gasteiger partial charge in [0.1, 0.15) is 0 Å². The second-order valence-electron chi connectivity index (χ2n) is 4.99. The van der Waals surface area contributed by atoms with E-state index in [2.05, 4.69) is 50.4 Å². The Labute approximate surface area is 120 Å². The Hall–Kier alpha value is -1.20. The van der Waals surface area contributed by atoms with Crippen LogP contribution in [0.15, 0.2) is 27.2 Å². The van der Waals surface area contributed by atoms with Gasteiger partial charge in [-0.25, -0.2) is 0 Å². The van der Waals surface area contributed by atoms with Crippen molar-refractivity contribution in [3.8, 4) is 11.4 Å². The summed E-state index contributed by atoms with van der Waals surface area (Å²) in [5, 5.41) is 7.51. The van der Waals surface area contributed by atoms with E-state index < -0.39 is 0 Å². The van der Waals surface area contributed by atoms with Crippen molar-refractivity contribution in [3.63, 3.8) is 0 Å². The molecular weight excluding hydrogens is 306 g/mol. The first-order chi connectivity index (χ1) is 9.22. The first kappa shape index (κ1) is 12.8. The summed E-state index contributed by atoms with van der Waals surface area (Å²) in [5.41, 5.74) is 2.18. The van der Waals surface area contributed by atoms with E-state index in [1.54, 1.807) is 0 Å². The minimum atomic E-state index is 0.481. The quantitative estimate of drug-likeness (QED) is 0.943. The minimum absolute atomic E-state index is 0.481. The smallest absolute Gasteiger partial charge is 0.228 e. The summed E-state index contributed by atoms with van der Waals surface area (Å²) in [6, 6.07) is 6.61. The number of rotatable bonds is 3. The second kappa shape index (κ2) is 5.43. The van der Waals surface area contributed by atoms with Crippen LogP contribution in [0.25, 0.3) is 11.4 Å². The molecule has 1 aliphatic rings. The van der Waals surface area contributed by atoms with E-state index in [0.29, 0.717) is 17.8 Å². The van der Waals surface area contributed by atoms with Crippen molar-refractivity contribution in [2.75, 3.05) is 6.54 Å². The van der Waals surface area contributed by atoms with Gasteiger partial charge in [0.15, 0.2) is 0 Å². The van der Waals surface area contributed by atoms with E-state index in [1.807, 2.05) is 6.07 Å². The molecule has 1 fully saturated rings. The maximum absolute atomic E-state index is 5.34. The van der Waals surface area contributed by atoms with E-state index in [4.69, 9.17) is 4.52 Å². The van der Waals surface area contributed by atoms with Gasteiger partial charge in [-0.2, -0.15) is 4.98 Å². The average Bonchev–Trinajstić information content (AvgIpc) is 3.01. The number of nitrogens with zero attached hydrogens (tertiary/aromatic N) is 2. The average molecular weight is 322 g/mol. The number of benzene rings is 1. The summed E-state index contributed by atoms with van der Waals surface area (Å²) in [7, 11) is 0. The van der Waals surface area contributed by atoms with Gasteiger partial charge >= 0.3 is 0 Å². The van der Waals surface area contributed by atoms with Crippen LogP contribution in [0.5, 0.6) is 0 Å². The van der Waals surface area contributed by atoms with E-state index in [-0.39, 0.29) is 0 Å². The zero-order chi connectivity index (χ0) is 13.2. The predicted molar refractivity (Wildman–Crippen MR) is 76.9 cm³/mol. The largest absolute Gasteiger partial charge is 0.339 e. The Balaban J connectivity index is 1.80. The Kier molecular flexibility index (Phi) is 3.66. The lowest BCUT2D eigenvalue weighted by atomic mass is 10.1. The maximum Gasteiger partial charge on any atom is 0.228 e. The molecule has 0 amide bonds. The van der Waals surface area contributed by atoms with Gasteiger partial charge < -0.3 is 9.84 Å². The molecule has 1 aromatic heterocycles. The SMILES string of the molecule is Cc1ccc(-c2noc(CC3CCCN3)n2)c(Br)c1. The second-order valence-corrected chi connectivity index (χ2v) is 5.85. The van der Waals surface area contributed by atoms with Gasteiger partial charge in [0, 0.05) is 22.5 Å². The monoisotopic (exact) mass is 321 g/mol. The fraction of sp³-hybridized carbons (Fsp3) is 0.429. The third kappa shape index (κ3) is 2.87. The lowest BCUT2D eigenvalue weighted by Gasteiger charge is -2.04. The fourth-order valence-electron chi connectivity index (χ4n) is 2.39. The Morgan fingerprint density at radius 2 is 2.37 bits per heavy atom. The molecule has 0 spiro atoms. The molecule has 100 valence electrons. The van der Waals surface area contributed by atoms with Gasteiger partial charge in [0.2, 0.25) is 11.7 Å². The molecule has 4 nitrogen and oxygen atoms in total. The molecule has 1 atom stereocenters. The first-order valence-corrected chi connectivity index (χ1v) is 7.34. The number of aromatic nitrogens is 2. The standard InChI is InChI=1S/C14H16BrN3O/c1-9-4-5-11(12(15)7-9)14-17-13(19-18-14)8-10-3-2-6-16-10/h4-5,7,10,16H,2-3,6,8H2,1H3.